The molecule has 0 aromatic carbocycles. The van der Waals surface area contributed by atoms with Crippen LogP contribution in [0.15, 0.2) is 0 Å². The number of rotatable bonds is 3. The van der Waals surface area contributed by atoms with Crippen LogP contribution in [0.2, 0.25) is 0 Å². The summed E-state index contributed by atoms with van der Waals surface area (Å²) in [4.78, 5) is 36.5. The van der Waals surface area contributed by atoms with E-state index in [2.05, 4.69) is 5.32 Å². The van der Waals surface area contributed by atoms with Gasteiger partial charge in [0.05, 0.1) is 0 Å². The first-order valence-corrected chi connectivity index (χ1v) is 7.21. The van der Waals surface area contributed by atoms with Gasteiger partial charge in [-0.25, -0.2) is 4.79 Å². The summed E-state index contributed by atoms with van der Waals surface area (Å²) in [6, 6.07) is -0.714. The summed E-state index contributed by atoms with van der Waals surface area (Å²) in [5.41, 5.74) is -0.988. The zero-order chi connectivity index (χ0) is 16.4. The van der Waals surface area contributed by atoms with E-state index in [1.807, 2.05) is 0 Å². The van der Waals surface area contributed by atoms with E-state index in [9.17, 15) is 27.6 Å². The van der Waals surface area contributed by atoms with E-state index in [1.165, 1.54) is 0 Å². The first kappa shape index (κ1) is 16.6. The maximum atomic E-state index is 12.4. The van der Waals surface area contributed by atoms with Crippen LogP contribution in [0, 0.1) is 0 Å². The molecule has 0 aromatic heterocycles. The Morgan fingerprint density at radius 2 is 1.77 bits per heavy atom. The first-order valence-electron chi connectivity index (χ1n) is 7.21. The van der Waals surface area contributed by atoms with Gasteiger partial charge in [0.2, 0.25) is 5.91 Å². The highest BCUT2D eigenvalue weighted by Gasteiger charge is 2.51. The fourth-order valence-corrected chi connectivity index (χ4v) is 2.89. The summed E-state index contributed by atoms with van der Waals surface area (Å²) < 4.78 is 36.1. The molecule has 1 saturated heterocycles. The summed E-state index contributed by atoms with van der Waals surface area (Å²) in [6.45, 7) is -2.18. The highest BCUT2D eigenvalue weighted by Crippen LogP contribution is 2.32. The molecule has 1 spiro atoms. The molecule has 4 amide bonds. The van der Waals surface area contributed by atoms with E-state index < -0.39 is 42.7 Å². The van der Waals surface area contributed by atoms with Crippen LogP contribution >= 0.6 is 0 Å². The largest absolute Gasteiger partial charge is 0.405 e. The molecule has 2 fully saturated rings. The minimum atomic E-state index is -4.53. The van der Waals surface area contributed by atoms with Gasteiger partial charge in [0.15, 0.2) is 0 Å². The zero-order valence-corrected chi connectivity index (χ0v) is 12.0. The second-order valence-corrected chi connectivity index (χ2v) is 5.71. The number of alkyl halides is 3. The number of halogens is 3. The Balaban J connectivity index is 1.98. The summed E-state index contributed by atoms with van der Waals surface area (Å²) in [6.07, 6.45) is -0.0138. The number of imide groups is 1. The van der Waals surface area contributed by atoms with Crippen LogP contribution in [-0.4, -0.2) is 47.6 Å². The maximum absolute atomic E-state index is 12.4. The Morgan fingerprint density at radius 1 is 1.18 bits per heavy atom. The molecule has 0 aromatic rings. The fraction of sp³-hybridized carbons (Fsp3) is 0.769. The molecule has 1 heterocycles. The second kappa shape index (κ2) is 6.13. The zero-order valence-electron chi connectivity index (χ0n) is 12.0. The Hall–Kier alpha value is -1.80. The lowest BCUT2D eigenvalue weighted by atomic mass is 9.90. The monoisotopic (exact) mass is 321 g/mol. The van der Waals surface area contributed by atoms with Gasteiger partial charge in [0, 0.05) is 0 Å². The highest BCUT2D eigenvalue weighted by molar-refractivity contribution is 6.09. The van der Waals surface area contributed by atoms with E-state index in [1.54, 1.807) is 5.32 Å². The first-order chi connectivity index (χ1) is 10.2. The molecule has 0 radical (unpaired) electrons. The van der Waals surface area contributed by atoms with Crippen LogP contribution < -0.4 is 10.6 Å². The maximum Gasteiger partial charge on any atom is 0.405 e. The van der Waals surface area contributed by atoms with Crippen molar-refractivity contribution in [2.75, 3.05) is 13.1 Å². The smallest absolute Gasteiger partial charge is 0.345 e. The van der Waals surface area contributed by atoms with Crippen molar-refractivity contribution in [2.24, 2.45) is 0 Å². The van der Waals surface area contributed by atoms with Crippen molar-refractivity contribution in [3.63, 3.8) is 0 Å². The highest BCUT2D eigenvalue weighted by atomic mass is 19.4. The van der Waals surface area contributed by atoms with Gasteiger partial charge in [-0.2, -0.15) is 13.2 Å². The number of amides is 4. The van der Waals surface area contributed by atoms with Gasteiger partial charge < -0.3 is 10.6 Å². The number of hydrogen-bond donors (Lipinski definition) is 2. The summed E-state index contributed by atoms with van der Waals surface area (Å²) >= 11 is 0. The average Bonchev–Trinajstić information content (AvgIpc) is 2.61. The third kappa shape index (κ3) is 3.69. The lowest BCUT2D eigenvalue weighted by Crippen LogP contribution is -2.47. The van der Waals surface area contributed by atoms with Crippen molar-refractivity contribution in [3.8, 4) is 0 Å². The summed E-state index contributed by atoms with van der Waals surface area (Å²) in [5.74, 6) is -1.52. The van der Waals surface area contributed by atoms with Gasteiger partial charge in [-0.1, -0.05) is 25.7 Å². The average molecular weight is 321 g/mol. The molecule has 2 aliphatic rings. The molecule has 124 valence electrons. The number of carbonyl (C=O) groups excluding carboxylic acids is 3. The quantitative estimate of drug-likeness (QED) is 0.769. The Labute approximate surface area is 125 Å². The molecular formula is C13H18F3N3O3. The van der Waals surface area contributed by atoms with Gasteiger partial charge >= 0.3 is 12.2 Å². The number of nitrogens with zero attached hydrogens (tertiary/aromatic N) is 1. The van der Waals surface area contributed by atoms with Gasteiger partial charge in [0.1, 0.15) is 18.6 Å². The lowest BCUT2D eigenvalue weighted by molar-refractivity contribution is -0.141. The number of carbonyl (C=O) groups is 3. The van der Waals surface area contributed by atoms with E-state index in [0.29, 0.717) is 17.7 Å². The third-order valence-electron chi connectivity index (χ3n) is 3.99. The molecule has 1 aliphatic heterocycles. The molecular weight excluding hydrogens is 303 g/mol. The van der Waals surface area contributed by atoms with E-state index in [-0.39, 0.29) is 0 Å². The molecule has 1 aliphatic carbocycles. The Kier molecular flexibility index (Phi) is 4.62. The van der Waals surface area contributed by atoms with Crippen LogP contribution in [0.1, 0.15) is 38.5 Å². The number of hydrogen-bond acceptors (Lipinski definition) is 3. The Bertz CT molecular complexity index is 471. The van der Waals surface area contributed by atoms with Gasteiger partial charge in [0.25, 0.3) is 5.91 Å². The van der Waals surface area contributed by atoms with Crippen molar-refractivity contribution in [1.82, 2.24) is 15.5 Å². The van der Waals surface area contributed by atoms with Gasteiger partial charge in [-0.15, -0.1) is 0 Å². The minimum Gasteiger partial charge on any atom is -0.345 e. The van der Waals surface area contributed by atoms with Crippen LogP contribution in [0.4, 0.5) is 18.0 Å². The second-order valence-electron chi connectivity index (χ2n) is 5.71. The van der Waals surface area contributed by atoms with Crippen molar-refractivity contribution in [2.45, 2.75) is 50.2 Å². The van der Waals surface area contributed by atoms with Crippen molar-refractivity contribution in [3.05, 3.63) is 0 Å². The standard InChI is InChI=1S/C13H18F3N3O3/c14-13(15,16)8-17-9(20)7-19-10(21)12(18-11(19)22)5-3-1-2-4-6-12/h1-8H2,(H,17,20)(H,18,22). The molecule has 9 heteroatoms. The molecule has 22 heavy (non-hydrogen) atoms. The van der Waals surface area contributed by atoms with Crippen LogP contribution in [0.25, 0.3) is 0 Å². The van der Waals surface area contributed by atoms with E-state index >= 15 is 0 Å². The normalized spacial score (nSPS) is 21.7. The van der Waals surface area contributed by atoms with Crippen molar-refractivity contribution < 1.29 is 27.6 Å². The third-order valence-corrected chi connectivity index (χ3v) is 3.99. The number of nitrogens with one attached hydrogen (secondary N) is 2. The topological polar surface area (TPSA) is 78.5 Å². The van der Waals surface area contributed by atoms with Crippen LogP contribution in [-0.2, 0) is 9.59 Å². The van der Waals surface area contributed by atoms with Crippen LogP contribution in [0.3, 0.4) is 0 Å². The molecule has 0 atom stereocenters. The summed E-state index contributed by atoms with van der Waals surface area (Å²) in [7, 11) is 0. The van der Waals surface area contributed by atoms with E-state index in [0.717, 1.165) is 25.7 Å². The molecule has 0 unspecified atom stereocenters. The molecule has 0 bridgehead atoms. The molecule has 1 saturated carbocycles. The SMILES string of the molecule is O=C(CN1C(=O)NC2(CCCCCC2)C1=O)NCC(F)(F)F. The predicted octanol–water partition coefficient (Wildman–Crippen LogP) is 1.31. The fourth-order valence-electron chi connectivity index (χ4n) is 2.89. The molecule has 6 nitrogen and oxygen atoms in total. The number of urea groups is 1. The van der Waals surface area contributed by atoms with Gasteiger partial charge in [-0.3, -0.25) is 14.5 Å². The predicted molar refractivity (Wildman–Crippen MR) is 69.7 cm³/mol. The lowest BCUT2D eigenvalue weighted by Gasteiger charge is -2.24. The summed E-state index contributed by atoms with van der Waals surface area (Å²) in [5, 5.41) is 4.28. The van der Waals surface area contributed by atoms with Crippen LogP contribution in [0.5, 0.6) is 0 Å². The van der Waals surface area contributed by atoms with Crippen molar-refractivity contribution >= 4 is 17.8 Å². The molecule has 2 N–H and O–H groups in total. The van der Waals surface area contributed by atoms with Crippen molar-refractivity contribution in [1.29, 1.82) is 0 Å². The molecule has 2 rings (SSSR count). The Morgan fingerprint density at radius 3 is 2.32 bits per heavy atom. The minimum absolute atomic E-state index is 0.498. The van der Waals surface area contributed by atoms with Gasteiger partial charge in [-0.05, 0) is 12.8 Å². The van der Waals surface area contributed by atoms with E-state index in [4.69, 9.17) is 0 Å².